The van der Waals surface area contributed by atoms with Gasteiger partial charge in [0.2, 0.25) is 0 Å². The number of hydrogen-bond acceptors (Lipinski definition) is 7. The van der Waals surface area contributed by atoms with Gasteiger partial charge in [0.05, 0.1) is 12.8 Å². The van der Waals surface area contributed by atoms with E-state index >= 15 is 0 Å². The highest BCUT2D eigenvalue weighted by Gasteiger charge is 2.51. The highest BCUT2D eigenvalue weighted by atomic mass is 31.3. The molecule has 1 atom stereocenters. The average molecular weight is 352 g/mol. The van der Waals surface area contributed by atoms with E-state index in [4.69, 9.17) is 30.0 Å². The molecule has 15 heteroatoms. The Hall–Kier alpha value is -1.33. The number of carbonyl (C=O) groups is 3. The first-order valence-corrected chi connectivity index (χ1v) is 7.69. The number of phosphoric ester groups is 1. The van der Waals surface area contributed by atoms with Gasteiger partial charge >= 0.3 is 33.6 Å². The summed E-state index contributed by atoms with van der Waals surface area (Å²) in [5.41, 5.74) is -3.27. The van der Waals surface area contributed by atoms with E-state index in [0.29, 0.717) is 0 Å². The molecule has 0 aliphatic rings. The third kappa shape index (κ3) is 7.29. The van der Waals surface area contributed by atoms with Crippen molar-refractivity contribution in [2.75, 3.05) is 0 Å². The average Bonchev–Trinajstić information content (AvgIpc) is 2.08. The summed E-state index contributed by atoms with van der Waals surface area (Å²) in [5, 5.41) is 25.9. The molecule has 0 amide bonds. The molecular formula is C6H10O13P2. The Kier molecular flexibility index (Phi) is 6.20. The molecule has 0 aliphatic heterocycles. The Balaban J connectivity index is 5.63. The van der Waals surface area contributed by atoms with Gasteiger partial charge in [-0.1, -0.05) is 0 Å². The second kappa shape index (κ2) is 6.62. The van der Waals surface area contributed by atoms with Crippen LogP contribution in [0.25, 0.3) is 0 Å². The van der Waals surface area contributed by atoms with Gasteiger partial charge in [-0.05, 0) is 0 Å². The molecule has 0 aromatic heterocycles. The zero-order valence-electron chi connectivity index (χ0n) is 9.85. The van der Waals surface area contributed by atoms with Crippen molar-refractivity contribution in [2.24, 2.45) is 0 Å². The highest BCUT2D eigenvalue weighted by molar-refractivity contribution is 7.60. The summed E-state index contributed by atoms with van der Waals surface area (Å²) >= 11 is 0. The van der Waals surface area contributed by atoms with Crippen LogP contribution >= 0.6 is 15.6 Å². The van der Waals surface area contributed by atoms with E-state index in [9.17, 15) is 23.5 Å². The molecule has 0 radical (unpaired) electrons. The maximum absolute atomic E-state index is 11.3. The van der Waals surface area contributed by atoms with Crippen LogP contribution in [0.5, 0.6) is 0 Å². The number of carboxylic acids is 3. The minimum atomic E-state index is -5.77. The van der Waals surface area contributed by atoms with Crippen LogP contribution in [0.15, 0.2) is 0 Å². The van der Waals surface area contributed by atoms with Gasteiger partial charge in [0.25, 0.3) is 0 Å². The Bertz CT molecular complexity index is 515. The van der Waals surface area contributed by atoms with Crippen molar-refractivity contribution in [1.82, 2.24) is 0 Å². The van der Waals surface area contributed by atoms with Gasteiger partial charge < -0.3 is 30.0 Å². The highest BCUT2D eigenvalue weighted by Crippen LogP contribution is 2.60. The smallest absolute Gasteiger partial charge is 0.481 e. The molecule has 0 saturated carbocycles. The van der Waals surface area contributed by atoms with E-state index in [1.807, 2.05) is 0 Å². The number of aliphatic carboxylic acids is 3. The zero-order valence-corrected chi connectivity index (χ0v) is 11.6. The first-order valence-electron chi connectivity index (χ1n) is 4.66. The summed E-state index contributed by atoms with van der Waals surface area (Å²) < 4.78 is 28.9. The van der Waals surface area contributed by atoms with Crippen molar-refractivity contribution >= 4 is 33.6 Å². The molecule has 21 heavy (non-hydrogen) atoms. The molecule has 0 aromatic carbocycles. The summed E-state index contributed by atoms with van der Waals surface area (Å²) in [6.45, 7) is 0. The fraction of sp³-hybridized carbons (Fsp3) is 0.500. The molecule has 0 aliphatic carbocycles. The molecule has 0 spiro atoms. The lowest BCUT2D eigenvalue weighted by atomic mass is 9.96. The van der Waals surface area contributed by atoms with Gasteiger partial charge in [0, 0.05) is 0 Å². The van der Waals surface area contributed by atoms with Crippen molar-refractivity contribution in [3.8, 4) is 0 Å². The maximum atomic E-state index is 11.3. The largest absolute Gasteiger partial charge is 0.482 e. The molecule has 0 bridgehead atoms. The Morgan fingerprint density at radius 2 is 1.29 bits per heavy atom. The Morgan fingerprint density at radius 1 is 0.905 bits per heavy atom. The van der Waals surface area contributed by atoms with E-state index < -0.39 is 52.0 Å². The van der Waals surface area contributed by atoms with Gasteiger partial charge in [-0.2, -0.15) is 4.31 Å². The van der Waals surface area contributed by atoms with Crippen molar-refractivity contribution in [3.05, 3.63) is 0 Å². The van der Waals surface area contributed by atoms with Crippen molar-refractivity contribution in [3.63, 3.8) is 0 Å². The van der Waals surface area contributed by atoms with Gasteiger partial charge in [0.1, 0.15) is 0 Å². The molecule has 6 N–H and O–H groups in total. The fourth-order valence-corrected chi connectivity index (χ4v) is 3.04. The number of rotatable bonds is 9. The quantitative estimate of drug-likeness (QED) is 0.274. The van der Waals surface area contributed by atoms with Crippen LogP contribution in [0, 0.1) is 0 Å². The molecular weight excluding hydrogens is 342 g/mol. The number of hydrogen-bond donors (Lipinski definition) is 6. The van der Waals surface area contributed by atoms with E-state index in [2.05, 4.69) is 8.83 Å². The van der Waals surface area contributed by atoms with Crippen LogP contribution in [-0.2, 0) is 32.3 Å². The summed E-state index contributed by atoms with van der Waals surface area (Å²) in [6, 6.07) is 0. The van der Waals surface area contributed by atoms with Crippen molar-refractivity contribution in [1.29, 1.82) is 0 Å². The lowest BCUT2D eigenvalue weighted by Crippen LogP contribution is -2.44. The normalized spacial score (nSPS) is 15.2. The Morgan fingerprint density at radius 3 is 1.52 bits per heavy atom. The molecule has 0 heterocycles. The van der Waals surface area contributed by atoms with Crippen LogP contribution < -0.4 is 0 Å². The van der Waals surface area contributed by atoms with Crippen LogP contribution in [0.1, 0.15) is 12.8 Å². The second-order valence-corrected chi connectivity index (χ2v) is 6.33. The van der Waals surface area contributed by atoms with E-state index in [1.54, 1.807) is 0 Å². The van der Waals surface area contributed by atoms with E-state index in [-0.39, 0.29) is 0 Å². The molecule has 0 saturated heterocycles. The number of carboxylic acid groups (broad SMARTS) is 3. The summed E-state index contributed by atoms with van der Waals surface area (Å²) in [6.07, 6.45) is -3.16. The van der Waals surface area contributed by atoms with Crippen LogP contribution in [-0.4, -0.2) is 53.5 Å². The molecule has 0 aromatic rings. The van der Waals surface area contributed by atoms with Gasteiger partial charge in [-0.25, -0.2) is 13.9 Å². The Labute approximate surface area is 115 Å². The summed E-state index contributed by atoms with van der Waals surface area (Å²) in [7, 11) is -11.4. The van der Waals surface area contributed by atoms with Gasteiger partial charge in [-0.3, -0.25) is 14.1 Å². The first kappa shape index (κ1) is 19.7. The predicted molar refractivity (Wildman–Crippen MR) is 58.9 cm³/mol. The molecule has 1 unspecified atom stereocenters. The van der Waals surface area contributed by atoms with Gasteiger partial charge in [0.15, 0.2) is 5.60 Å². The SMILES string of the molecule is O=C(O)CC(CC(=O)O)(OP(=O)(O)OP(=O)(O)O)C(=O)O. The topological polar surface area (TPSA) is 225 Å². The summed E-state index contributed by atoms with van der Waals surface area (Å²) in [4.78, 5) is 57.9. The summed E-state index contributed by atoms with van der Waals surface area (Å²) in [5.74, 6) is -6.07. The van der Waals surface area contributed by atoms with E-state index in [0.717, 1.165) is 0 Å². The van der Waals surface area contributed by atoms with Crippen LogP contribution in [0.3, 0.4) is 0 Å². The zero-order chi connectivity index (χ0) is 17.1. The van der Waals surface area contributed by atoms with Crippen molar-refractivity contribution < 1.29 is 62.3 Å². The lowest BCUT2D eigenvalue weighted by Gasteiger charge is -2.27. The fourth-order valence-electron chi connectivity index (χ4n) is 1.18. The maximum Gasteiger partial charge on any atom is 0.482 e. The minimum Gasteiger partial charge on any atom is -0.481 e. The first-order chi connectivity index (χ1) is 9.19. The van der Waals surface area contributed by atoms with Crippen LogP contribution in [0.4, 0.5) is 0 Å². The standard InChI is InChI=1S/C6H10O13P2/c7-3(8)1-6(5(11)12,2-4(9)10)18-21(16,17)19-20(13,14)15/h1-2H2,(H,7,8)(H,9,10)(H,11,12)(H,16,17)(H2,13,14,15). The van der Waals surface area contributed by atoms with Gasteiger partial charge in [-0.15, -0.1) is 0 Å². The molecule has 0 fully saturated rings. The second-order valence-electron chi connectivity index (χ2n) is 3.57. The lowest BCUT2D eigenvalue weighted by molar-refractivity contribution is -0.168. The molecule has 0 rings (SSSR count). The predicted octanol–water partition coefficient (Wildman–Crippen LogP) is -1.01. The van der Waals surface area contributed by atoms with E-state index in [1.165, 1.54) is 0 Å². The molecule has 13 nitrogen and oxygen atoms in total. The molecule has 122 valence electrons. The van der Waals surface area contributed by atoms with Crippen LogP contribution in [0.2, 0.25) is 0 Å². The van der Waals surface area contributed by atoms with Crippen molar-refractivity contribution in [2.45, 2.75) is 18.4 Å². The third-order valence-electron chi connectivity index (χ3n) is 1.76. The monoisotopic (exact) mass is 352 g/mol. The third-order valence-corrected chi connectivity index (χ3v) is 4.02. The number of phosphoric acid groups is 2. The minimum absolute atomic E-state index is 1.58.